The summed E-state index contributed by atoms with van der Waals surface area (Å²) in [4.78, 5) is 11.3. The van der Waals surface area contributed by atoms with Crippen molar-refractivity contribution in [2.24, 2.45) is 10.9 Å². The van der Waals surface area contributed by atoms with Crippen LogP contribution in [-0.2, 0) is 13.1 Å². The van der Waals surface area contributed by atoms with Gasteiger partial charge in [0.15, 0.2) is 5.96 Å². The highest BCUT2D eigenvalue weighted by Crippen LogP contribution is 2.19. The Kier molecular flexibility index (Phi) is 8.40. The Morgan fingerprint density at radius 1 is 1.30 bits per heavy atom. The van der Waals surface area contributed by atoms with Gasteiger partial charge in [-0.05, 0) is 24.5 Å². The summed E-state index contributed by atoms with van der Waals surface area (Å²) in [6, 6.07) is 11.0. The third kappa shape index (κ3) is 6.12. The van der Waals surface area contributed by atoms with Crippen LogP contribution in [0, 0.1) is 5.92 Å². The number of aliphatic imine (C=N–C) groups is 1. The third-order valence-electron chi connectivity index (χ3n) is 4.65. The maximum atomic E-state index is 4.47. The largest absolute Gasteiger partial charge is 0.369 e. The Morgan fingerprint density at radius 2 is 2.07 bits per heavy atom. The number of nitrogens with one attached hydrogen (secondary N) is 2. The zero-order valence-electron chi connectivity index (χ0n) is 16.4. The lowest BCUT2D eigenvalue weighted by Gasteiger charge is -2.20. The van der Waals surface area contributed by atoms with Crippen LogP contribution in [0.15, 0.2) is 47.7 Å². The molecule has 0 radical (unpaired) electrons. The molecule has 1 aromatic heterocycles. The third-order valence-corrected chi connectivity index (χ3v) is 4.65. The summed E-state index contributed by atoms with van der Waals surface area (Å²) in [5, 5.41) is 6.95. The molecule has 27 heavy (non-hydrogen) atoms. The van der Waals surface area contributed by atoms with Crippen molar-refractivity contribution in [3.05, 3.63) is 48.5 Å². The lowest BCUT2D eigenvalue weighted by molar-refractivity contribution is 0.503. The maximum absolute atomic E-state index is 4.47. The molecule has 3 rings (SSSR count). The van der Waals surface area contributed by atoms with Gasteiger partial charge in [-0.3, -0.25) is 4.99 Å². The standard InChI is InChI=1S/C20H30N6.HI/c1-16(2)14-26-12-10-22-19(26)13-23-20(21-3)24-17-9-11-25(15-17)18-7-5-4-6-8-18;/h4-8,10,12,16-17H,9,11,13-15H2,1-3H3,(H2,21,23,24);1H. The van der Waals surface area contributed by atoms with Gasteiger partial charge in [-0.15, -0.1) is 24.0 Å². The van der Waals surface area contributed by atoms with Gasteiger partial charge in [-0.25, -0.2) is 4.98 Å². The Balaban J connectivity index is 0.00000261. The fraction of sp³-hybridized carbons (Fsp3) is 0.500. The molecular weight excluding hydrogens is 451 g/mol. The first-order valence-electron chi connectivity index (χ1n) is 9.43. The molecule has 6 nitrogen and oxygen atoms in total. The molecule has 2 aromatic rings. The Hall–Kier alpha value is -1.77. The second-order valence-electron chi connectivity index (χ2n) is 7.23. The molecule has 1 unspecified atom stereocenters. The molecule has 7 heteroatoms. The fourth-order valence-electron chi connectivity index (χ4n) is 3.37. The van der Waals surface area contributed by atoms with E-state index in [1.54, 1.807) is 0 Å². The number of rotatable bonds is 6. The first kappa shape index (κ1) is 21.5. The molecule has 0 spiro atoms. The fourth-order valence-corrected chi connectivity index (χ4v) is 3.37. The number of benzene rings is 1. The molecule has 1 fully saturated rings. The summed E-state index contributed by atoms with van der Waals surface area (Å²) in [5.41, 5.74) is 1.29. The van der Waals surface area contributed by atoms with Gasteiger partial charge in [0.25, 0.3) is 0 Å². The van der Waals surface area contributed by atoms with Crippen LogP contribution >= 0.6 is 24.0 Å². The molecule has 148 valence electrons. The van der Waals surface area contributed by atoms with E-state index < -0.39 is 0 Å². The van der Waals surface area contributed by atoms with Crippen molar-refractivity contribution in [3.63, 3.8) is 0 Å². The zero-order valence-corrected chi connectivity index (χ0v) is 18.8. The van der Waals surface area contributed by atoms with Gasteiger partial charge in [0, 0.05) is 50.8 Å². The van der Waals surface area contributed by atoms with E-state index in [2.05, 4.69) is 74.3 Å². The van der Waals surface area contributed by atoms with Gasteiger partial charge in [-0.2, -0.15) is 0 Å². The second-order valence-corrected chi connectivity index (χ2v) is 7.23. The number of guanidine groups is 1. The van der Waals surface area contributed by atoms with Crippen LogP contribution < -0.4 is 15.5 Å². The van der Waals surface area contributed by atoms with Crippen molar-refractivity contribution in [1.82, 2.24) is 20.2 Å². The van der Waals surface area contributed by atoms with Crippen molar-refractivity contribution in [2.75, 3.05) is 25.0 Å². The maximum Gasteiger partial charge on any atom is 0.191 e. The van der Waals surface area contributed by atoms with Gasteiger partial charge in [0.05, 0.1) is 6.54 Å². The van der Waals surface area contributed by atoms with Gasteiger partial charge >= 0.3 is 0 Å². The minimum atomic E-state index is 0. The summed E-state index contributed by atoms with van der Waals surface area (Å²) in [7, 11) is 1.82. The van der Waals surface area contributed by atoms with E-state index in [1.807, 2.05) is 19.4 Å². The summed E-state index contributed by atoms with van der Waals surface area (Å²) < 4.78 is 2.21. The van der Waals surface area contributed by atoms with Gasteiger partial charge in [0.2, 0.25) is 0 Å². The van der Waals surface area contributed by atoms with Crippen LogP contribution in [0.5, 0.6) is 0 Å². The molecule has 0 bridgehead atoms. The number of hydrogen-bond acceptors (Lipinski definition) is 3. The molecule has 0 saturated carbocycles. The number of hydrogen-bond donors (Lipinski definition) is 2. The second kappa shape index (κ2) is 10.5. The van der Waals surface area contributed by atoms with Crippen LogP contribution in [0.25, 0.3) is 0 Å². The summed E-state index contributed by atoms with van der Waals surface area (Å²) in [6.07, 6.45) is 5.02. The van der Waals surface area contributed by atoms with Crippen LogP contribution in [0.2, 0.25) is 0 Å². The molecule has 2 N–H and O–H groups in total. The van der Waals surface area contributed by atoms with E-state index >= 15 is 0 Å². The average molecular weight is 482 g/mol. The predicted octanol–water partition coefficient (Wildman–Crippen LogP) is 3.10. The quantitative estimate of drug-likeness (QED) is 0.378. The lowest BCUT2D eigenvalue weighted by atomic mass is 10.2. The van der Waals surface area contributed by atoms with Crippen molar-refractivity contribution in [2.45, 2.75) is 39.4 Å². The van der Waals surface area contributed by atoms with E-state index in [1.165, 1.54) is 5.69 Å². The highest BCUT2D eigenvalue weighted by Gasteiger charge is 2.23. The average Bonchev–Trinajstić information content (AvgIpc) is 3.28. The Morgan fingerprint density at radius 3 is 2.78 bits per heavy atom. The predicted molar refractivity (Wildman–Crippen MR) is 123 cm³/mol. The molecule has 1 saturated heterocycles. The number of nitrogens with zero attached hydrogens (tertiary/aromatic N) is 4. The highest BCUT2D eigenvalue weighted by atomic mass is 127. The zero-order chi connectivity index (χ0) is 18.4. The van der Waals surface area contributed by atoms with Crippen LogP contribution in [0.4, 0.5) is 5.69 Å². The van der Waals surface area contributed by atoms with E-state index in [4.69, 9.17) is 0 Å². The summed E-state index contributed by atoms with van der Waals surface area (Å²) >= 11 is 0. The van der Waals surface area contributed by atoms with E-state index in [0.29, 0.717) is 18.5 Å². The molecule has 2 heterocycles. The van der Waals surface area contributed by atoms with Crippen molar-refractivity contribution in [3.8, 4) is 0 Å². The number of anilines is 1. The number of aromatic nitrogens is 2. The van der Waals surface area contributed by atoms with E-state index in [9.17, 15) is 0 Å². The van der Waals surface area contributed by atoms with E-state index in [-0.39, 0.29) is 24.0 Å². The number of imidazole rings is 1. The number of para-hydroxylation sites is 1. The molecule has 0 aliphatic carbocycles. The SMILES string of the molecule is CN=C(NCc1nccn1CC(C)C)NC1CCN(c2ccccc2)C1.I. The molecule has 1 aromatic carbocycles. The summed E-state index contributed by atoms with van der Waals surface area (Å²) in [6.45, 7) is 8.16. The van der Waals surface area contributed by atoms with Gasteiger partial charge < -0.3 is 20.1 Å². The molecule has 1 aliphatic heterocycles. The van der Waals surface area contributed by atoms with Crippen LogP contribution in [0.3, 0.4) is 0 Å². The van der Waals surface area contributed by atoms with E-state index in [0.717, 1.165) is 37.8 Å². The first-order valence-corrected chi connectivity index (χ1v) is 9.43. The Bertz CT molecular complexity index is 712. The molecule has 1 atom stereocenters. The monoisotopic (exact) mass is 482 g/mol. The molecule has 0 amide bonds. The van der Waals surface area contributed by atoms with Crippen molar-refractivity contribution < 1.29 is 0 Å². The minimum Gasteiger partial charge on any atom is -0.369 e. The molecular formula is C20H31IN6. The topological polar surface area (TPSA) is 57.5 Å². The van der Waals surface area contributed by atoms with Crippen LogP contribution in [-0.4, -0.2) is 41.7 Å². The van der Waals surface area contributed by atoms with Gasteiger partial charge in [-0.1, -0.05) is 32.0 Å². The minimum absolute atomic E-state index is 0. The van der Waals surface area contributed by atoms with Crippen LogP contribution in [0.1, 0.15) is 26.1 Å². The van der Waals surface area contributed by atoms with Crippen molar-refractivity contribution >= 4 is 35.6 Å². The Labute approximate surface area is 179 Å². The molecule has 1 aliphatic rings. The normalized spacial score (nSPS) is 17.1. The van der Waals surface area contributed by atoms with Gasteiger partial charge in [0.1, 0.15) is 5.82 Å². The highest BCUT2D eigenvalue weighted by molar-refractivity contribution is 14.0. The van der Waals surface area contributed by atoms with Crippen molar-refractivity contribution in [1.29, 1.82) is 0 Å². The smallest absolute Gasteiger partial charge is 0.191 e. The number of halogens is 1. The lowest BCUT2D eigenvalue weighted by Crippen LogP contribution is -2.44. The first-order chi connectivity index (χ1) is 12.7. The summed E-state index contributed by atoms with van der Waals surface area (Å²) in [5.74, 6) is 2.48.